The molecule has 1 amide bonds. The molecule has 0 atom stereocenters. The molecule has 0 bridgehead atoms. The van der Waals surface area contributed by atoms with Crippen molar-refractivity contribution in [2.45, 2.75) is 66.9 Å². The largest absolute Gasteiger partial charge is 0.444 e. The molecule has 0 unspecified atom stereocenters. The molecule has 0 saturated carbocycles. The molecular weight excluding hydrogens is 379 g/mol. The smallest absolute Gasteiger partial charge is 0.412 e. The second-order valence-corrected chi connectivity index (χ2v) is 8.30. The van der Waals surface area contributed by atoms with Gasteiger partial charge < -0.3 is 9.30 Å². The van der Waals surface area contributed by atoms with E-state index in [1.165, 1.54) is 12.1 Å². The van der Waals surface area contributed by atoms with Gasteiger partial charge in [0.25, 0.3) is 0 Å². The molecule has 0 radical (unpaired) electrons. The average Bonchev–Trinajstić information content (AvgIpc) is 2.96. The first kappa shape index (κ1) is 23.5. The van der Waals surface area contributed by atoms with Gasteiger partial charge in [0.05, 0.1) is 11.2 Å². The number of nitrogens with zero attached hydrogens (tertiary/aromatic N) is 1. The molecular formula is C25H33FN2O2. The van der Waals surface area contributed by atoms with E-state index in [1.54, 1.807) is 12.1 Å². The highest BCUT2D eigenvalue weighted by Crippen LogP contribution is 2.37. The molecule has 3 aromatic rings. The first-order valence-corrected chi connectivity index (χ1v) is 10.5. The van der Waals surface area contributed by atoms with Crippen LogP contribution in [0.25, 0.3) is 16.6 Å². The van der Waals surface area contributed by atoms with Crippen molar-refractivity contribution in [3.8, 4) is 5.69 Å². The van der Waals surface area contributed by atoms with Crippen molar-refractivity contribution in [3.05, 3.63) is 59.5 Å². The zero-order valence-corrected chi connectivity index (χ0v) is 19.3. The van der Waals surface area contributed by atoms with Gasteiger partial charge in [0.2, 0.25) is 0 Å². The van der Waals surface area contributed by atoms with E-state index in [4.69, 9.17) is 4.74 Å². The number of aryl methyl sites for hydroxylation is 1. The van der Waals surface area contributed by atoms with Crippen LogP contribution in [0.4, 0.5) is 14.9 Å². The van der Waals surface area contributed by atoms with Gasteiger partial charge in [-0.1, -0.05) is 33.8 Å². The highest BCUT2D eigenvalue weighted by Gasteiger charge is 2.22. The SMILES string of the molecule is CC.Cc1c(C(C)C)n(-c2ccc(F)cc2)c2cccc(NC(=O)OC(C)(C)C)c12. The number of benzene rings is 2. The van der Waals surface area contributed by atoms with E-state index < -0.39 is 11.7 Å². The van der Waals surface area contributed by atoms with Crippen molar-refractivity contribution in [3.63, 3.8) is 0 Å². The van der Waals surface area contributed by atoms with Crippen LogP contribution < -0.4 is 5.32 Å². The maximum absolute atomic E-state index is 13.5. The number of aromatic nitrogens is 1. The van der Waals surface area contributed by atoms with E-state index in [1.807, 2.05) is 52.8 Å². The second kappa shape index (κ2) is 9.33. The molecule has 162 valence electrons. The fourth-order valence-corrected chi connectivity index (χ4v) is 3.62. The molecule has 4 nitrogen and oxygen atoms in total. The molecule has 1 N–H and O–H groups in total. The third-order valence-electron chi connectivity index (χ3n) is 4.55. The Kier molecular flexibility index (Phi) is 7.30. The molecule has 0 aliphatic rings. The number of hydrogen-bond acceptors (Lipinski definition) is 2. The van der Waals surface area contributed by atoms with Crippen LogP contribution in [0.15, 0.2) is 42.5 Å². The number of nitrogens with one attached hydrogen (secondary N) is 1. The molecule has 0 fully saturated rings. The summed E-state index contributed by atoms with van der Waals surface area (Å²) in [5, 5.41) is 3.85. The number of ether oxygens (including phenoxy) is 1. The van der Waals surface area contributed by atoms with Gasteiger partial charge in [-0.25, -0.2) is 9.18 Å². The number of carbonyl (C=O) groups excluding carboxylic acids is 1. The lowest BCUT2D eigenvalue weighted by molar-refractivity contribution is 0.0636. The topological polar surface area (TPSA) is 43.3 Å². The summed E-state index contributed by atoms with van der Waals surface area (Å²) in [5.74, 6) is -0.0258. The van der Waals surface area contributed by atoms with Crippen LogP contribution in [0.3, 0.4) is 0 Å². The molecule has 5 heteroatoms. The fraction of sp³-hybridized carbons (Fsp3) is 0.400. The number of hydrogen-bond donors (Lipinski definition) is 1. The highest BCUT2D eigenvalue weighted by molar-refractivity contribution is 6.02. The van der Waals surface area contributed by atoms with Crippen LogP contribution in [0, 0.1) is 12.7 Å². The number of carbonyl (C=O) groups is 1. The second-order valence-electron chi connectivity index (χ2n) is 8.30. The summed E-state index contributed by atoms with van der Waals surface area (Å²) in [6.45, 7) is 15.8. The van der Waals surface area contributed by atoms with Gasteiger partial charge in [0, 0.05) is 16.8 Å². The van der Waals surface area contributed by atoms with Crippen molar-refractivity contribution >= 4 is 22.7 Å². The van der Waals surface area contributed by atoms with Crippen molar-refractivity contribution < 1.29 is 13.9 Å². The lowest BCUT2D eigenvalue weighted by atomic mass is 10.0. The Morgan fingerprint density at radius 3 is 2.20 bits per heavy atom. The van der Waals surface area contributed by atoms with Gasteiger partial charge in [0.15, 0.2) is 0 Å². The van der Waals surface area contributed by atoms with Crippen LogP contribution in [0.5, 0.6) is 0 Å². The van der Waals surface area contributed by atoms with Crippen LogP contribution in [0.1, 0.15) is 65.6 Å². The molecule has 0 saturated heterocycles. The number of anilines is 1. The summed E-state index contributed by atoms with van der Waals surface area (Å²) < 4.78 is 21.0. The van der Waals surface area contributed by atoms with Gasteiger partial charge in [-0.15, -0.1) is 0 Å². The molecule has 1 heterocycles. The number of halogens is 1. The average molecular weight is 413 g/mol. The molecule has 1 aromatic heterocycles. The van der Waals surface area contributed by atoms with E-state index in [2.05, 4.69) is 30.7 Å². The molecule has 0 aliphatic heterocycles. The minimum atomic E-state index is -0.573. The number of rotatable bonds is 3. The van der Waals surface area contributed by atoms with E-state index in [9.17, 15) is 9.18 Å². The van der Waals surface area contributed by atoms with Crippen molar-refractivity contribution in [1.29, 1.82) is 0 Å². The first-order chi connectivity index (χ1) is 14.1. The van der Waals surface area contributed by atoms with Crippen molar-refractivity contribution in [2.75, 3.05) is 5.32 Å². The molecule has 0 aliphatic carbocycles. The lowest BCUT2D eigenvalue weighted by Gasteiger charge is -2.20. The van der Waals surface area contributed by atoms with Gasteiger partial charge in [-0.2, -0.15) is 0 Å². The number of amides is 1. The van der Waals surface area contributed by atoms with Gasteiger partial charge >= 0.3 is 6.09 Å². The zero-order chi connectivity index (χ0) is 22.6. The van der Waals surface area contributed by atoms with Gasteiger partial charge in [-0.05, 0) is 75.6 Å². The Morgan fingerprint density at radius 2 is 1.67 bits per heavy atom. The van der Waals surface area contributed by atoms with E-state index >= 15 is 0 Å². The maximum Gasteiger partial charge on any atom is 0.412 e. The van der Waals surface area contributed by atoms with E-state index in [0.29, 0.717) is 5.69 Å². The maximum atomic E-state index is 13.5. The van der Waals surface area contributed by atoms with Gasteiger partial charge in [0.1, 0.15) is 11.4 Å². The van der Waals surface area contributed by atoms with Crippen LogP contribution in [-0.4, -0.2) is 16.3 Å². The van der Waals surface area contributed by atoms with Crippen LogP contribution in [0.2, 0.25) is 0 Å². The van der Waals surface area contributed by atoms with E-state index in [0.717, 1.165) is 27.8 Å². The Hall–Kier alpha value is -2.82. The Bertz CT molecular complexity index is 1010. The highest BCUT2D eigenvalue weighted by atomic mass is 19.1. The minimum Gasteiger partial charge on any atom is -0.444 e. The predicted octanol–water partition coefficient (Wildman–Crippen LogP) is 7.57. The lowest BCUT2D eigenvalue weighted by Crippen LogP contribution is -2.27. The van der Waals surface area contributed by atoms with Crippen LogP contribution in [-0.2, 0) is 4.74 Å². The Labute approximate surface area is 179 Å². The summed E-state index contributed by atoms with van der Waals surface area (Å²) in [5.41, 5.74) is 4.18. The van der Waals surface area contributed by atoms with E-state index in [-0.39, 0.29) is 11.7 Å². The van der Waals surface area contributed by atoms with Crippen molar-refractivity contribution in [2.24, 2.45) is 0 Å². The third-order valence-corrected chi connectivity index (χ3v) is 4.55. The zero-order valence-electron chi connectivity index (χ0n) is 19.3. The standard InChI is InChI=1S/C23H27FN2O2.C2H6/c1-14(2)21-15(3)20-18(25-22(27)28-23(4,5)6)8-7-9-19(20)26(21)17-12-10-16(24)11-13-17;1-2/h7-14H,1-6H3,(H,25,27);1-2H3. The summed E-state index contributed by atoms with van der Waals surface area (Å²) in [6.07, 6.45) is -0.486. The Balaban J connectivity index is 0.00000155. The fourth-order valence-electron chi connectivity index (χ4n) is 3.62. The quantitative estimate of drug-likeness (QED) is 0.482. The van der Waals surface area contributed by atoms with Crippen molar-refractivity contribution in [1.82, 2.24) is 4.57 Å². The summed E-state index contributed by atoms with van der Waals surface area (Å²) >= 11 is 0. The predicted molar refractivity (Wildman–Crippen MR) is 123 cm³/mol. The summed E-state index contributed by atoms with van der Waals surface area (Å²) in [6, 6.07) is 12.3. The normalized spacial score (nSPS) is 11.3. The molecule has 3 rings (SSSR count). The molecule has 30 heavy (non-hydrogen) atoms. The van der Waals surface area contributed by atoms with Gasteiger partial charge in [-0.3, -0.25) is 5.32 Å². The first-order valence-electron chi connectivity index (χ1n) is 10.5. The molecule has 0 spiro atoms. The van der Waals surface area contributed by atoms with Crippen LogP contribution >= 0.6 is 0 Å². The summed E-state index contributed by atoms with van der Waals surface area (Å²) in [7, 11) is 0. The minimum absolute atomic E-state index is 0.242. The monoisotopic (exact) mass is 412 g/mol. The Morgan fingerprint density at radius 1 is 1.07 bits per heavy atom. The summed E-state index contributed by atoms with van der Waals surface area (Å²) in [4.78, 5) is 12.3. The molecule has 2 aromatic carbocycles. The number of fused-ring (bicyclic) bond motifs is 1. The third kappa shape index (κ3) is 5.02.